The molecule has 0 atom stereocenters. The van der Waals surface area contributed by atoms with Crippen LogP contribution in [0.25, 0.3) is 0 Å². The molecule has 3 nitrogen and oxygen atoms in total. The van der Waals surface area contributed by atoms with Gasteiger partial charge in [0, 0.05) is 12.6 Å². The molecule has 1 N–H and O–H groups in total. The molecule has 11 heavy (non-hydrogen) atoms. The van der Waals surface area contributed by atoms with Crippen molar-refractivity contribution >= 4 is 17.4 Å². The number of hydrogen-bond donors (Lipinski definition) is 1. The summed E-state index contributed by atoms with van der Waals surface area (Å²) in [5.74, 6) is 0.713. The second kappa shape index (κ2) is 3.93. The third-order valence-electron chi connectivity index (χ3n) is 1.06. The Morgan fingerprint density at radius 2 is 2.45 bits per heavy atom. The molecule has 0 radical (unpaired) electrons. The van der Waals surface area contributed by atoms with Gasteiger partial charge in [-0.15, -0.1) is 6.58 Å². The van der Waals surface area contributed by atoms with Crippen LogP contribution >= 0.6 is 11.6 Å². The van der Waals surface area contributed by atoms with Crippen molar-refractivity contribution < 1.29 is 0 Å². The van der Waals surface area contributed by atoms with Crippen molar-refractivity contribution in [2.75, 3.05) is 11.9 Å². The minimum atomic E-state index is 0.437. The second-order valence-electron chi connectivity index (χ2n) is 1.90. The Morgan fingerprint density at radius 1 is 1.64 bits per heavy atom. The number of rotatable bonds is 3. The van der Waals surface area contributed by atoms with Crippen molar-refractivity contribution in [2.45, 2.75) is 0 Å². The van der Waals surface area contributed by atoms with Crippen LogP contribution in [0.2, 0.25) is 5.15 Å². The van der Waals surface area contributed by atoms with Crippen LogP contribution in [0.4, 0.5) is 5.82 Å². The monoisotopic (exact) mass is 169 g/mol. The van der Waals surface area contributed by atoms with Crippen LogP contribution < -0.4 is 5.32 Å². The SMILES string of the molecule is C=CCNc1cc(Cl)ncn1. The first-order chi connectivity index (χ1) is 5.33. The van der Waals surface area contributed by atoms with E-state index in [9.17, 15) is 0 Å². The minimum Gasteiger partial charge on any atom is -0.366 e. The molecule has 0 fully saturated rings. The van der Waals surface area contributed by atoms with Gasteiger partial charge in [-0.1, -0.05) is 17.7 Å². The summed E-state index contributed by atoms with van der Waals surface area (Å²) in [6, 6.07) is 1.66. The minimum absolute atomic E-state index is 0.437. The highest BCUT2D eigenvalue weighted by molar-refractivity contribution is 6.29. The highest BCUT2D eigenvalue weighted by Gasteiger charge is 1.92. The lowest BCUT2D eigenvalue weighted by molar-refractivity contribution is 1.14. The lowest BCUT2D eigenvalue weighted by atomic mass is 10.5. The van der Waals surface area contributed by atoms with E-state index in [1.54, 1.807) is 12.1 Å². The first-order valence-electron chi connectivity index (χ1n) is 3.15. The quantitative estimate of drug-likeness (QED) is 0.553. The van der Waals surface area contributed by atoms with Gasteiger partial charge in [0.15, 0.2) is 0 Å². The number of anilines is 1. The van der Waals surface area contributed by atoms with Crippen LogP contribution in [-0.4, -0.2) is 16.5 Å². The molecule has 0 saturated carbocycles. The van der Waals surface area contributed by atoms with E-state index in [2.05, 4.69) is 21.9 Å². The highest BCUT2D eigenvalue weighted by atomic mass is 35.5. The summed E-state index contributed by atoms with van der Waals surface area (Å²) in [5, 5.41) is 3.42. The normalized spacial score (nSPS) is 9.18. The van der Waals surface area contributed by atoms with Crippen LogP contribution in [-0.2, 0) is 0 Å². The molecule has 58 valence electrons. The van der Waals surface area contributed by atoms with Crippen molar-refractivity contribution in [3.63, 3.8) is 0 Å². The van der Waals surface area contributed by atoms with Gasteiger partial charge in [0.05, 0.1) is 0 Å². The lowest BCUT2D eigenvalue weighted by Crippen LogP contribution is -1.99. The van der Waals surface area contributed by atoms with Crippen molar-refractivity contribution in [1.82, 2.24) is 9.97 Å². The summed E-state index contributed by atoms with van der Waals surface area (Å²) in [6.45, 7) is 4.23. The van der Waals surface area contributed by atoms with E-state index in [0.29, 0.717) is 17.5 Å². The smallest absolute Gasteiger partial charge is 0.134 e. The summed E-state index contributed by atoms with van der Waals surface area (Å²) in [7, 11) is 0. The number of nitrogens with one attached hydrogen (secondary N) is 1. The van der Waals surface area contributed by atoms with Crippen LogP contribution in [0.15, 0.2) is 25.0 Å². The first kappa shape index (κ1) is 8.01. The molecular formula is C7H8ClN3. The molecule has 0 aliphatic carbocycles. The fourth-order valence-corrected chi connectivity index (χ4v) is 0.754. The number of hydrogen-bond acceptors (Lipinski definition) is 3. The molecule has 1 rings (SSSR count). The van der Waals surface area contributed by atoms with Gasteiger partial charge < -0.3 is 5.32 Å². The maximum Gasteiger partial charge on any atom is 0.134 e. The summed E-state index contributed by atoms with van der Waals surface area (Å²) in [6.07, 6.45) is 3.16. The largest absolute Gasteiger partial charge is 0.366 e. The van der Waals surface area contributed by atoms with Crippen molar-refractivity contribution in [1.29, 1.82) is 0 Å². The Kier molecular flexibility index (Phi) is 2.86. The molecule has 0 saturated heterocycles. The Hall–Kier alpha value is -1.09. The average molecular weight is 170 g/mol. The third-order valence-corrected chi connectivity index (χ3v) is 1.27. The molecule has 0 unspecified atom stereocenters. The number of aromatic nitrogens is 2. The topological polar surface area (TPSA) is 37.8 Å². The average Bonchev–Trinajstić information content (AvgIpc) is 2.01. The molecule has 0 spiro atoms. The lowest BCUT2D eigenvalue weighted by Gasteiger charge is -1.99. The Morgan fingerprint density at radius 3 is 3.09 bits per heavy atom. The Bertz CT molecular complexity index is 249. The molecule has 0 amide bonds. The summed E-state index contributed by atoms with van der Waals surface area (Å²) in [5.41, 5.74) is 0. The fourth-order valence-electron chi connectivity index (χ4n) is 0.607. The molecule has 4 heteroatoms. The van der Waals surface area contributed by atoms with E-state index in [0.717, 1.165) is 0 Å². The molecule has 1 aromatic rings. The molecule has 1 heterocycles. The summed E-state index contributed by atoms with van der Waals surface area (Å²) >= 11 is 5.61. The molecule has 1 aromatic heterocycles. The summed E-state index contributed by atoms with van der Waals surface area (Å²) in [4.78, 5) is 7.66. The standard InChI is InChI=1S/C7H8ClN3/c1-2-3-9-7-4-6(8)10-5-11-7/h2,4-5H,1,3H2,(H,9,10,11). The number of nitrogens with zero attached hydrogens (tertiary/aromatic N) is 2. The van der Waals surface area contributed by atoms with Gasteiger partial charge >= 0.3 is 0 Å². The van der Waals surface area contributed by atoms with Crippen molar-refractivity contribution in [2.24, 2.45) is 0 Å². The third kappa shape index (κ3) is 2.55. The van der Waals surface area contributed by atoms with E-state index < -0.39 is 0 Å². The van der Waals surface area contributed by atoms with Gasteiger partial charge in [-0.25, -0.2) is 9.97 Å². The maximum atomic E-state index is 5.61. The Labute approximate surface area is 70.1 Å². The van der Waals surface area contributed by atoms with Crippen LogP contribution in [0.5, 0.6) is 0 Å². The fraction of sp³-hybridized carbons (Fsp3) is 0.143. The zero-order chi connectivity index (χ0) is 8.10. The summed E-state index contributed by atoms with van der Waals surface area (Å²) < 4.78 is 0. The van der Waals surface area contributed by atoms with Gasteiger partial charge in [0.2, 0.25) is 0 Å². The van der Waals surface area contributed by atoms with Crippen molar-refractivity contribution in [3.8, 4) is 0 Å². The van der Waals surface area contributed by atoms with Gasteiger partial charge in [0.25, 0.3) is 0 Å². The van der Waals surface area contributed by atoms with Crippen LogP contribution in [0.1, 0.15) is 0 Å². The Balaban J connectivity index is 2.63. The van der Waals surface area contributed by atoms with E-state index in [4.69, 9.17) is 11.6 Å². The van der Waals surface area contributed by atoms with Crippen LogP contribution in [0, 0.1) is 0 Å². The predicted molar refractivity (Wildman–Crippen MR) is 45.7 cm³/mol. The highest BCUT2D eigenvalue weighted by Crippen LogP contribution is 2.07. The zero-order valence-corrected chi connectivity index (χ0v) is 6.67. The van der Waals surface area contributed by atoms with E-state index in [1.165, 1.54) is 6.33 Å². The van der Waals surface area contributed by atoms with E-state index in [1.807, 2.05) is 0 Å². The molecular weight excluding hydrogens is 162 g/mol. The van der Waals surface area contributed by atoms with Gasteiger partial charge in [-0.2, -0.15) is 0 Å². The molecule has 0 aliphatic rings. The van der Waals surface area contributed by atoms with Crippen LogP contribution in [0.3, 0.4) is 0 Å². The van der Waals surface area contributed by atoms with E-state index in [-0.39, 0.29) is 0 Å². The van der Waals surface area contributed by atoms with Gasteiger partial charge in [-0.3, -0.25) is 0 Å². The first-order valence-corrected chi connectivity index (χ1v) is 3.53. The zero-order valence-electron chi connectivity index (χ0n) is 5.92. The molecule has 0 aromatic carbocycles. The van der Waals surface area contributed by atoms with E-state index >= 15 is 0 Å². The molecule has 0 aliphatic heterocycles. The number of halogens is 1. The van der Waals surface area contributed by atoms with Gasteiger partial charge in [-0.05, 0) is 0 Å². The van der Waals surface area contributed by atoms with Crippen molar-refractivity contribution in [3.05, 3.63) is 30.2 Å². The predicted octanol–water partition coefficient (Wildman–Crippen LogP) is 1.73. The maximum absolute atomic E-state index is 5.61. The second-order valence-corrected chi connectivity index (χ2v) is 2.28. The molecule has 0 bridgehead atoms. The van der Waals surface area contributed by atoms with Gasteiger partial charge in [0.1, 0.15) is 17.3 Å².